The number of hydrogen-bond acceptors (Lipinski definition) is 5. The predicted octanol–water partition coefficient (Wildman–Crippen LogP) is 1.15. The number of aromatic nitrogens is 3. The van der Waals surface area contributed by atoms with Crippen molar-refractivity contribution < 1.29 is 4.74 Å². The van der Waals surface area contributed by atoms with Gasteiger partial charge in [0.2, 0.25) is 0 Å². The molecule has 1 heterocycles. The van der Waals surface area contributed by atoms with E-state index in [0.29, 0.717) is 12.3 Å². The maximum absolute atomic E-state index is 8.73. The second-order valence-corrected chi connectivity index (χ2v) is 4.10. The van der Waals surface area contributed by atoms with Gasteiger partial charge in [0.05, 0.1) is 6.07 Å². The highest BCUT2D eigenvalue weighted by molar-refractivity contribution is 5.26. The van der Waals surface area contributed by atoms with Gasteiger partial charge in [-0.05, 0) is 19.1 Å². The molecule has 0 spiro atoms. The third-order valence-electron chi connectivity index (χ3n) is 2.73. The van der Waals surface area contributed by atoms with E-state index in [2.05, 4.69) is 10.3 Å². The summed E-state index contributed by atoms with van der Waals surface area (Å²) in [6.07, 6.45) is 0. The first-order valence-corrected chi connectivity index (χ1v) is 5.92. The van der Waals surface area contributed by atoms with Gasteiger partial charge in [0, 0.05) is 6.54 Å². The van der Waals surface area contributed by atoms with Crippen LogP contribution in [0.4, 0.5) is 0 Å². The van der Waals surface area contributed by atoms with Gasteiger partial charge in [0.25, 0.3) is 0 Å². The Kier molecular flexibility index (Phi) is 4.11. The SMILES string of the molecule is Cc1ccc(OCc2c(CN)nnn2CC#N)cc1. The number of hydrogen-bond donors (Lipinski definition) is 1. The van der Waals surface area contributed by atoms with Crippen molar-refractivity contribution in [1.82, 2.24) is 15.0 Å². The Hall–Kier alpha value is -2.39. The van der Waals surface area contributed by atoms with E-state index < -0.39 is 0 Å². The molecule has 0 aliphatic heterocycles. The lowest BCUT2D eigenvalue weighted by molar-refractivity contribution is 0.292. The van der Waals surface area contributed by atoms with E-state index in [1.165, 1.54) is 10.2 Å². The molecule has 0 saturated heterocycles. The molecule has 98 valence electrons. The molecule has 0 aliphatic rings. The zero-order valence-electron chi connectivity index (χ0n) is 10.7. The molecule has 0 atom stereocenters. The Morgan fingerprint density at radius 2 is 2.11 bits per heavy atom. The molecule has 2 rings (SSSR count). The molecule has 2 aromatic rings. The molecule has 0 radical (unpaired) electrons. The van der Waals surface area contributed by atoms with Crippen LogP contribution >= 0.6 is 0 Å². The second kappa shape index (κ2) is 5.98. The zero-order valence-corrected chi connectivity index (χ0v) is 10.7. The van der Waals surface area contributed by atoms with E-state index in [0.717, 1.165) is 11.4 Å². The molecule has 2 N–H and O–H groups in total. The van der Waals surface area contributed by atoms with Gasteiger partial charge in [0.1, 0.15) is 30.3 Å². The zero-order chi connectivity index (χ0) is 13.7. The lowest BCUT2D eigenvalue weighted by Gasteiger charge is -2.08. The van der Waals surface area contributed by atoms with Gasteiger partial charge in [-0.2, -0.15) is 5.26 Å². The lowest BCUT2D eigenvalue weighted by atomic mass is 10.2. The maximum atomic E-state index is 8.73. The Bertz CT molecular complexity index is 582. The van der Waals surface area contributed by atoms with E-state index in [-0.39, 0.29) is 13.1 Å². The summed E-state index contributed by atoms with van der Waals surface area (Å²) < 4.78 is 7.18. The van der Waals surface area contributed by atoms with Crippen molar-refractivity contribution in [3.8, 4) is 11.8 Å². The summed E-state index contributed by atoms with van der Waals surface area (Å²) in [7, 11) is 0. The van der Waals surface area contributed by atoms with Crippen molar-refractivity contribution in [1.29, 1.82) is 5.26 Å². The van der Waals surface area contributed by atoms with Gasteiger partial charge in [0.15, 0.2) is 0 Å². The molecule has 0 amide bonds. The minimum absolute atomic E-state index is 0.138. The van der Waals surface area contributed by atoms with Crippen LogP contribution in [0.25, 0.3) is 0 Å². The predicted molar refractivity (Wildman–Crippen MR) is 69.0 cm³/mol. The molecule has 0 aliphatic carbocycles. The van der Waals surface area contributed by atoms with Crippen LogP contribution < -0.4 is 10.5 Å². The Balaban J connectivity index is 2.12. The van der Waals surface area contributed by atoms with E-state index in [1.807, 2.05) is 37.3 Å². The normalized spacial score (nSPS) is 10.2. The summed E-state index contributed by atoms with van der Waals surface area (Å²) >= 11 is 0. The summed E-state index contributed by atoms with van der Waals surface area (Å²) in [5, 5.41) is 16.6. The molecule has 6 heteroatoms. The van der Waals surface area contributed by atoms with E-state index in [9.17, 15) is 0 Å². The van der Waals surface area contributed by atoms with E-state index in [4.69, 9.17) is 15.7 Å². The average molecular weight is 257 g/mol. The van der Waals surface area contributed by atoms with E-state index in [1.54, 1.807) is 0 Å². The van der Waals surface area contributed by atoms with Gasteiger partial charge < -0.3 is 10.5 Å². The second-order valence-electron chi connectivity index (χ2n) is 4.10. The summed E-state index contributed by atoms with van der Waals surface area (Å²) in [5.41, 5.74) is 8.16. The number of rotatable bonds is 5. The van der Waals surface area contributed by atoms with Crippen LogP contribution in [0.1, 0.15) is 17.0 Å². The van der Waals surface area contributed by atoms with Crippen LogP contribution in [0.15, 0.2) is 24.3 Å². The number of benzene rings is 1. The fourth-order valence-corrected chi connectivity index (χ4v) is 1.67. The summed E-state index contributed by atoms with van der Waals surface area (Å²) in [4.78, 5) is 0. The molecule has 19 heavy (non-hydrogen) atoms. The highest BCUT2D eigenvalue weighted by atomic mass is 16.5. The monoisotopic (exact) mass is 257 g/mol. The van der Waals surface area contributed by atoms with Crippen molar-refractivity contribution in [3.63, 3.8) is 0 Å². The number of aryl methyl sites for hydroxylation is 1. The lowest BCUT2D eigenvalue weighted by Crippen LogP contribution is -2.10. The number of ether oxygens (including phenoxy) is 1. The van der Waals surface area contributed by atoms with Crippen LogP contribution in [-0.2, 0) is 19.7 Å². The topological polar surface area (TPSA) is 89.8 Å². The molecule has 1 aromatic carbocycles. The minimum atomic E-state index is 0.138. The van der Waals surface area contributed by atoms with Crippen LogP contribution in [0, 0.1) is 18.3 Å². The Labute approximate surface area is 111 Å². The minimum Gasteiger partial charge on any atom is -0.487 e. The molecule has 0 bridgehead atoms. The summed E-state index contributed by atoms with van der Waals surface area (Å²) in [5.74, 6) is 0.762. The van der Waals surface area contributed by atoms with Crippen molar-refractivity contribution >= 4 is 0 Å². The third kappa shape index (κ3) is 3.09. The first-order valence-electron chi connectivity index (χ1n) is 5.92. The van der Waals surface area contributed by atoms with Crippen molar-refractivity contribution in [3.05, 3.63) is 41.2 Å². The summed E-state index contributed by atoms with van der Waals surface area (Å²) in [6, 6.07) is 9.78. The quantitative estimate of drug-likeness (QED) is 0.867. The number of nitrogens with two attached hydrogens (primary N) is 1. The standard InChI is InChI=1S/C13H15N5O/c1-10-2-4-11(5-3-10)19-9-13-12(8-15)16-17-18(13)7-6-14/h2-5H,7-9,15H2,1H3. The van der Waals surface area contributed by atoms with Crippen molar-refractivity contribution in [2.75, 3.05) is 0 Å². The van der Waals surface area contributed by atoms with E-state index >= 15 is 0 Å². The van der Waals surface area contributed by atoms with Crippen LogP contribution in [0.2, 0.25) is 0 Å². The molecule has 6 nitrogen and oxygen atoms in total. The Morgan fingerprint density at radius 1 is 1.37 bits per heavy atom. The van der Waals surface area contributed by atoms with Gasteiger partial charge in [-0.1, -0.05) is 22.9 Å². The third-order valence-corrected chi connectivity index (χ3v) is 2.73. The average Bonchev–Trinajstić information content (AvgIpc) is 2.81. The van der Waals surface area contributed by atoms with Crippen molar-refractivity contribution in [2.45, 2.75) is 26.6 Å². The van der Waals surface area contributed by atoms with Crippen LogP contribution in [0.3, 0.4) is 0 Å². The first kappa shape index (κ1) is 13.1. The summed E-state index contributed by atoms with van der Waals surface area (Å²) in [6.45, 7) is 2.73. The van der Waals surface area contributed by atoms with Gasteiger partial charge in [-0.3, -0.25) is 0 Å². The van der Waals surface area contributed by atoms with Crippen molar-refractivity contribution in [2.24, 2.45) is 5.73 Å². The van der Waals surface area contributed by atoms with Crippen LogP contribution in [-0.4, -0.2) is 15.0 Å². The van der Waals surface area contributed by atoms with Gasteiger partial charge >= 0.3 is 0 Å². The highest BCUT2D eigenvalue weighted by Gasteiger charge is 2.12. The largest absolute Gasteiger partial charge is 0.487 e. The fourth-order valence-electron chi connectivity index (χ4n) is 1.67. The van der Waals surface area contributed by atoms with Crippen LogP contribution in [0.5, 0.6) is 5.75 Å². The first-order chi connectivity index (χ1) is 9.24. The molecule has 0 unspecified atom stereocenters. The molecular weight excluding hydrogens is 242 g/mol. The smallest absolute Gasteiger partial charge is 0.132 e. The Morgan fingerprint density at radius 3 is 2.74 bits per heavy atom. The molecule has 1 aromatic heterocycles. The maximum Gasteiger partial charge on any atom is 0.132 e. The molecule has 0 saturated carbocycles. The number of nitriles is 1. The number of nitrogens with zero attached hydrogens (tertiary/aromatic N) is 4. The van der Waals surface area contributed by atoms with Gasteiger partial charge in [-0.25, -0.2) is 4.68 Å². The molecular formula is C13H15N5O. The fraction of sp³-hybridized carbons (Fsp3) is 0.308. The highest BCUT2D eigenvalue weighted by Crippen LogP contribution is 2.14. The molecule has 0 fully saturated rings. The van der Waals surface area contributed by atoms with Gasteiger partial charge in [-0.15, -0.1) is 5.10 Å².